The Kier molecular flexibility index (Phi) is 4.75. The van der Waals surface area contributed by atoms with Gasteiger partial charge in [0, 0.05) is 48.2 Å². The van der Waals surface area contributed by atoms with Crippen molar-refractivity contribution in [1.29, 1.82) is 0 Å². The number of hydrogen-bond donors (Lipinski definition) is 0. The van der Waals surface area contributed by atoms with Crippen LogP contribution >= 0.6 is 12.2 Å². The Bertz CT molecular complexity index is 1090. The second kappa shape index (κ2) is 7.42. The zero-order chi connectivity index (χ0) is 20.0. The minimum atomic E-state index is -0.560. The molecule has 2 saturated carbocycles. The Balaban J connectivity index is 1.46. The van der Waals surface area contributed by atoms with Gasteiger partial charge in [0.1, 0.15) is 11.6 Å². The maximum atomic E-state index is 14.2. The minimum absolute atomic E-state index is 0.370. The highest BCUT2D eigenvalue weighted by Crippen LogP contribution is 2.38. The van der Waals surface area contributed by atoms with E-state index < -0.39 is 11.6 Å². The molecule has 0 atom stereocenters. The van der Waals surface area contributed by atoms with Crippen LogP contribution in [0.25, 0.3) is 11.4 Å². The first-order valence-corrected chi connectivity index (χ1v) is 10.3. The molecule has 2 heterocycles. The van der Waals surface area contributed by atoms with Gasteiger partial charge in [0.05, 0.1) is 6.67 Å². The van der Waals surface area contributed by atoms with E-state index in [-0.39, 0.29) is 0 Å². The maximum absolute atomic E-state index is 14.2. The molecule has 3 aromatic rings. The molecule has 2 aliphatic rings. The summed E-state index contributed by atoms with van der Waals surface area (Å²) in [6, 6.07) is 8.39. The number of nitrogens with zero attached hydrogens (tertiary/aromatic N) is 5. The molecular formula is C21H21F2N5S. The van der Waals surface area contributed by atoms with E-state index in [2.05, 4.69) is 14.5 Å². The van der Waals surface area contributed by atoms with Gasteiger partial charge in [-0.25, -0.2) is 13.5 Å². The normalized spacial score (nSPS) is 16.5. The molecule has 29 heavy (non-hydrogen) atoms. The summed E-state index contributed by atoms with van der Waals surface area (Å²) in [6.45, 7) is 0.879. The van der Waals surface area contributed by atoms with Crippen molar-refractivity contribution in [2.75, 3.05) is 0 Å². The third-order valence-electron chi connectivity index (χ3n) is 5.47. The van der Waals surface area contributed by atoms with E-state index in [1.165, 1.54) is 12.1 Å². The highest BCUT2D eigenvalue weighted by molar-refractivity contribution is 7.71. The van der Waals surface area contributed by atoms with Crippen LogP contribution in [0, 0.1) is 16.4 Å². The molecule has 2 aromatic heterocycles. The maximum Gasteiger partial charge on any atom is 0.199 e. The molecule has 0 radical (unpaired) electrons. The van der Waals surface area contributed by atoms with Gasteiger partial charge in [0.2, 0.25) is 0 Å². The highest BCUT2D eigenvalue weighted by atomic mass is 32.1. The van der Waals surface area contributed by atoms with E-state index in [1.807, 2.05) is 16.8 Å². The molecule has 0 N–H and O–H groups in total. The number of pyridine rings is 1. The van der Waals surface area contributed by atoms with Crippen LogP contribution in [0.1, 0.15) is 37.3 Å². The van der Waals surface area contributed by atoms with E-state index in [4.69, 9.17) is 17.3 Å². The molecule has 150 valence electrons. The molecule has 0 bridgehead atoms. The van der Waals surface area contributed by atoms with Gasteiger partial charge in [0.25, 0.3) is 0 Å². The molecule has 8 heteroatoms. The van der Waals surface area contributed by atoms with Crippen LogP contribution in [-0.2, 0) is 13.2 Å². The molecular weight excluding hydrogens is 392 g/mol. The molecule has 0 aliphatic heterocycles. The molecule has 1 aromatic carbocycles. The number of benzene rings is 1. The molecule has 0 spiro atoms. The zero-order valence-electron chi connectivity index (χ0n) is 15.8. The average Bonchev–Trinajstić information content (AvgIpc) is 3.63. The summed E-state index contributed by atoms with van der Waals surface area (Å²) in [6.07, 6.45) is 7.86. The Morgan fingerprint density at radius 2 is 1.97 bits per heavy atom. The number of halogens is 2. The number of aromatic nitrogens is 4. The van der Waals surface area contributed by atoms with Crippen molar-refractivity contribution in [3.05, 3.63) is 64.7 Å². The van der Waals surface area contributed by atoms with Crippen molar-refractivity contribution in [1.82, 2.24) is 24.2 Å². The van der Waals surface area contributed by atoms with Crippen LogP contribution in [0.4, 0.5) is 8.78 Å². The van der Waals surface area contributed by atoms with Crippen molar-refractivity contribution in [3.63, 3.8) is 0 Å². The predicted octanol–water partition coefficient (Wildman–Crippen LogP) is 4.71. The smallest absolute Gasteiger partial charge is 0.199 e. The summed E-state index contributed by atoms with van der Waals surface area (Å²) in [4.78, 5) is 6.38. The molecule has 5 nitrogen and oxygen atoms in total. The van der Waals surface area contributed by atoms with Gasteiger partial charge >= 0.3 is 0 Å². The zero-order valence-corrected chi connectivity index (χ0v) is 16.7. The van der Waals surface area contributed by atoms with Crippen LogP contribution in [0.3, 0.4) is 0 Å². The lowest BCUT2D eigenvalue weighted by molar-refractivity contribution is 0.184. The Labute approximate surface area is 172 Å². The van der Waals surface area contributed by atoms with Crippen LogP contribution in [0.5, 0.6) is 0 Å². The standard InChI is InChI=1S/C21H21F2N5S/c22-16-4-3-15(19(23)10-16)12-26(17-5-6-17)13-27-21(29)28(18-7-8-18)20(25-27)14-2-1-9-24-11-14/h1-4,9-11,17-18H,5-8,12-13H2. The molecule has 0 saturated heterocycles. The summed E-state index contributed by atoms with van der Waals surface area (Å²) in [5.41, 5.74) is 1.42. The first kappa shape index (κ1) is 18.6. The summed E-state index contributed by atoms with van der Waals surface area (Å²) < 4.78 is 32.1. The van der Waals surface area contributed by atoms with Gasteiger partial charge in [-0.2, -0.15) is 5.10 Å². The number of hydrogen-bond acceptors (Lipinski definition) is 4. The van der Waals surface area contributed by atoms with Crippen molar-refractivity contribution in [3.8, 4) is 11.4 Å². The second-order valence-electron chi connectivity index (χ2n) is 7.80. The van der Waals surface area contributed by atoms with E-state index in [9.17, 15) is 8.78 Å². The summed E-state index contributed by atoms with van der Waals surface area (Å²) in [5, 5.41) is 4.81. The molecule has 2 fully saturated rings. The topological polar surface area (TPSA) is 38.9 Å². The average molecular weight is 413 g/mol. The second-order valence-corrected chi connectivity index (χ2v) is 8.17. The lowest BCUT2D eigenvalue weighted by atomic mass is 10.2. The SMILES string of the molecule is Fc1ccc(CN(Cn2nc(-c3cccnc3)n(C3CC3)c2=S)C2CC2)c(F)c1. The van der Waals surface area contributed by atoms with Gasteiger partial charge in [0.15, 0.2) is 10.6 Å². The van der Waals surface area contributed by atoms with E-state index in [1.54, 1.807) is 12.4 Å². The monoisotopic (exact) mass is 413 g/mol. The third kappa shape index (κ3) is 3.86. The molecule has 5 rings (SSSR count). The lowest BCUT2D eigenvalue weighted by Crippen LogP contribution is -2.29. The van der Waals surface area contributed by atoms with E-state index in [0.29, 0.717) is 35.6 Å². The van der Waals surface area contributed by atoms with E-state index in [0.717, 1.165) is 43.1 Å². The first-order chi connectivity index (χ1) is 14.1. The molecule has 0 unspecified atom stereocenters. The van der Waals surface area contributed by atoms with Crippen LogP contribution < -0.4 is 0 Å². The van der Waals surface area contributed by atoms with Crippen molar-refractivity contribution in [2.24, 2.45) is 0 Å². The number of rotatable bonds is 7. The van der Waals surface area contributed by atoms with Crippen molar-refractivity contribution < 1.29 is 8.78 Å². The van der Waals surface area contributed by atoms with Crippen LogP contribution in [0.2, 0.25) is 0 Å². The molecule has 2 aliphatic carbocycles. The predicted molar refractivity (Wildman–Crippen MR) is 107 cm³/mol. The summed E-state index contributed by atoms with van der Waals surface area (Å²) in [7, 11) is 0. The quantitative estimate of drug-likeness (QED) is 0.526. The third-order valence-corrected chi connectivity index (χ3v) is 5.88. The highest BCUT2D eigenvalue weighted by Gasteiger charge is 2.32. The Morgan fingerprint density at radius 3 is 2.62 bits per heavy atom. The summed E-state index contributed by atoms with van der Waals surface area (Å²) in [5.74, 6) is -0.246. The van der Waals surface area contributed by atoms with Crippen molar-refractivity contribution >= 4 is 12.2 Å². The largest absolute Gasteiger partial charge is 0.297 e. The minimum Gasteiger partial charge on any atom is -0.297 e. The lowest BCUT2D eigenvalue weighted by Gasteiger charge is -2.22. The van der Waals surface area contributed by atoms with Gasteiger partial charge in [-0.15, -0.1) is 0 Å². The van der Waals surface area contributed by atoms with Crippen LogP contribution in [0.15, 0.2) is 42.7 Å². The van der Waals surface area contributed by atoms with Gasteiger partial charge < -0.3 is 0 Å². The van der Waals surface area contributed by atoms with E-state index >= 15 is 0 Å². The Hall–Kier alpha value is -2.45. The van der Waals surface area contributed by atoms with Gasteiger partial charge in [-0.05, 0) is 56.1 Å². The van der Waals surface area contributed by atoms with Crippen LogP contribution in [-0.4, -0.2) is 30.3 Å². The fourth-order valence-corrected chi connectivity index (χ4v) is 3.98. The van der Waals surface area contributed by atoms with Gasteiger partial charge in [-0.1, -0.05) is 6.07 Å². The van der Waals surface area contributed by atoms with Gasteiger partial charge in [-0.3, -0.25) is 14.5 Å². The summed E-state index contributed by atoms with van der Waals surface area (Å²) >= 11 is 5.75. The molecule has 0 amide bonds. The first-order valence-electron chi connectivity index (χ1n) is 9.88. The Morgan fingerprint density at radius 1 is 1.14 bits per heavy atom. The fraction of sp³-hybridized carbons (Fsp3) is 0.381. The fourth-order valence-electron chi connectivity index (χ4n) is 3.64. The van der Waals surface area contributed by atoms with Crippen molar-refractivity contribution in [2.45, 2.75) is 51.0 Å².